The van der Waals surface area contributed by atoms with E-state index in [0.29, 0.717) is 53.3 Å². The summed E-state index contributed by atoms with van der Waals surface area (Å²) >= 11 is 0. The Morgan fingerprint density at radius 1 is 1.19 bits per heavy atom. The maximum absolute atomic E-state index is 13.2. The first-order chi connectivity index (χ1) is 12.9. The third-order valence-electron chi connectivity index (χ3n) is 5.28. The molecule has 2 aromatic heterocycles. The number of benzene rings is 1. The van der Waals surface area contributed by atoms with Crippen LogP contribution in [0.15, 0.2) is 33.6 Å². The molecule has 8 heteroatoms. The van der Waals surface area contributed by atoms with Gasteiger partial charge in [0.25, 0.3) is 0 Å². The number of fused-ring (bicyclic) bond motifs is 1. The van der Waals surface area contributed by atoms with Crippen LogP contribution in [0.25, 0.3) is 11.1 Å². The number of hydrogen-bond acceptors (Lipinski definition) is 5. The lowest BCUT2D eigenvalue weighted by Gasteiger charge is -2.29. The zero-order valence-corrected chi connectivity index (χ0v) is 16.7. The van der Waals surface area contributed by atoms with Crippen molar-refractivity contribution in [3.05, 3.63) is 41.5 Å². The van der Waals surface area contributed by atoms with Crippen LogP contribution in [0.5, 0.6) is 0 Å². The van der Waals surface area contributed by atoms with Gasteiger partial charge in [0, 0.05) is 13.1 Å². The fourth-order valence-electron chi connectivity index (χ4n) is 3.68. The fourth-order valence-corrected chi connectivity index (χ4v) is 5.52. The lowest BCUT2D eigenvalue weighted by Crippen LogP contribution is -2.38. The Morgan fingerprint density at radius 3 is 2.59 bits per heavy atom. The Labute approximate surface area is 159 Å². The molecular formula is C19H24N4O3S. The van der Waals surface area contributed by atoms with Gasteiger partial charge in [-0.1, -0.05) is 19.1 Å². The standard InChI is InChI=1S/C19H24N4O3S/c1-13-8-10-22(11-9-13)27(24,25)19-14(2)21-23(15(19)3)12-18-20-16-6-4-5-7-17(16)26-18/h4-7,13H,8-12H2,1-3H3. The molecule has 7 nitrogen and oxygen atoms in total. The molecule has 0 unspecified atom stereocenters. The van der Waals surface area contributed by atoms with Crippen molar-refractivity contribution in [2.24, 2.45) is 5.92 Å². The molecule has 144 valence electrons. The Bertz CT molecular complexity index is 1040. The predicted octanol–water partition coefficient (Wildman–Crippen LogP) is 3.11. The van der Waals surface area contributed by atoms with E-state index in [1.165, 1.54) is 0 Å². The summed E-state index contributed by atoms with van der Waals surface area (Å²) in [5.41, 5.74) is 2.63. The number of aryl methyl sites for hydroxylation is 1. The van der Waals surface area contributed by atoms with E-state index in [1.807, 2.05) is 24.3 Å². The van der Waals surface area contributed by atoms with Gasteiger partial charge >= 0.3 is 0 Å². The fraction of sp³-hybridized carbons (Fsp3) is 0.474. The maximum atomic E-state index is 13.2. The van der Waals surface area contributed by atoms with E-state index in [1.54, 1.807) is 22.8 Å². The highest BCUT2D eigenvalue weighted by molar-refractivity contribution is 7.89. The molecule has 0 spiro atoms. The minimum absolute atomic E-state index is 0.300. The molecule has 1 aromatic carbocycles. The number of nitrogens with zero attached hydrogens (tertiary/aromatic N) is 4. The van der Waals surface area contributed by atoms with E-state index in [-0.39, 0.29) is 0 Å². The number of sulfonamides is 1. The number of oxazole rings is 1. The Morgan fingerprint density at radius 2 is 1.89 bits per heavy atom. The number of para-hydroxylation sites is 2. The molecule has 0 radical (unpaired) electrons. The van der Waals surface area contributed by atoms with Crippen molar-refractivity contribution in [3.8, 4) is 0 Å². The Kier molecular flexibility index (Phi) is 4.55. The van der Waals surface area contributed by atoms with Crippen molar-refractivity contribution in [1.29, 1.82) is 0 Å². The highest BCUT2D eigenvalue weighted by Crippen LogP contribution is 2.28. The quantitative estimate of drug-likeness (QED) is 0.686. The molecule has 0 bridgehead atoms. The van der Waals surface area contributed by atoms with Gasteiger partial charge in [-0.3, -0.25) is 4.68 Å². The van der Waals surface area contributed by atoms with Gasteiger partial charge in [-0.25, -0.2) is 13.4 Å². The van der Waals surface area contributed by atoms with Gasteiger partial charge in [-0.15, -0.1) is 0 Å². The van der Waals surface area contributed by atoms with Crippen LogP contribution in [-0.2, 0) is 16.6 Å². The van der Waals surface area contributed by atoms with E-state index in [9.17, 15) is 8.42 Å². The van der Waals surface area contributed by atoms with Crippen molar-refractivity contribution in [2.75, 3.05) is 13.1 Å². The minimum Gasteiger partial charge on any atom is -0.439 e. The summed E-state index contributed by atoms with van der Waals surface area (Å²) in [6.45, 7) is 7.14. The first-order valence-electron chi connectivity index (χ1n) is 9.25. The highest BCUT2D eigenvalue weighted by atomic mass is 32.2. The van der Waals surface area contributed by atoms with Crippen LogP contribution in [-0.4, -0.2) is 40.6 Å². The van der Waals surface area contributed by atoms with E-state index < -0.39 is 10.0 Å². The van der Waals surface area contributed by atoms with Crippen molar-refractivity contribution >= 4 is 21.1 Å². The summed E-state index contributed by atoms with van der Waals surface area (Å²) in [7, 11) is -3.54. The van der Waals surface area contributed by atoms with Crippen LogP contribution in [0.4, 0.5) is 0 Å². The lowest BCUT2D eigenvalue weighted by atomic mass is 10.0. The van der Waals surface area contributed by atoms with Crippen LogP contribution in [0, 0.1) is 19.8 Å². The van der Waals surface area contributed by atoms with Crippen molar-refractivity contribution in [3.63, 3.8) is 0 Å². The van der Waals surface area contributed by atoms with Crippen molar-refractivity contribution in [1.82, 2.24) is 19.1 Å². The molecule has 3 heterocycles. The summed E-state index contributed by atoms with van der Waals surface area (Å²) in [6, 6.07) is 7.55. The zero-order valence-electron chi connectivity index (χ0n) is 15.8. The summed E-state index contributed by atoms with van der Waals surface area (Å²) in [5.74, 6) is 1.08. The normalized spacial score (nSPS) is 17.0. The molecule has 1 aliphatic rings. The second-order valence-electron chi connectivity index (χ2n) is 7.32. The lowest BCUT2D eigenvalue weighted by molar-refractivity contribution is 0.288. The maximum Gasteiger partial charge on any atom is 0.246 e. The molecular weight excluding hydrogens is 364 g/mol. The van der Waals surface area contributed by atoms with Crippen LogP contribution >= 0.6 is 0 Å². The molecule has 0 amide bonds. The van der Waals surface area contributed by atoms with E-state index in [2.05, 4.69) is 17.0 Å². The van der Waals surface area contributed by atoms with Crippen LogP contribution in [0.1, 0.15) is 37.0 Å². The largest absolute Gasteiger partial charge is 0.439 e. The topological polar surface area (TPSA) is 81.2 Å². The third kappa shape index (κ3) is 3.27. The van der Waals surface area contributed by atoms with E-state index in [4.69, 9.17) is 4.42 Å². The first-order valence-corrected chi connectivity index (χ1v) is 10.7. The number of aromatic nitrogens is 3. The SMILES string of the molecule is Cc1nn(Cc2nc3ccccc3o2)c(C)c1S(=O)(=O)N1CCC(C)CC1. The van der Waals surface area contributed by atoms with Crippen LogP contribution < -0.4 is 0 Å². The Balaban J connectivity index is 1.65. The van der Waals surface area contributed by atoms with E-state index in [0.717, 1.165) is 18.4 Å². The van der Waals surface area contributed by atoms with Crippen molar-refractivity contribution in [2.45, 2.75) is 45.1 Å². The van der Waals surface area contributed by atoms with Crippen LogP contribution in [0.2, 0.25) is 0 Å². The van der Waals surface area contributed by atoms with Gasteiger partial charge in [0.05, 0.1) is 11.4 Å². The molecule has 1 fully saturated rings. The second kappa shape index (κ2) is 6.76. The minimum atomic E-state index is -3.54. The molecule has 3 aromatic rings. The summed E-state index contributed by atoms with van der Waals surface area (Å²) in [4.78, 5) is 4.77. The number of rotatable bonds is 4. The monoisotopic (exact) mass is 388 g/mol. The number of piperidine rings is 1. The summed E-state index contributed by atoms with van der Waals surface area (Å²) in [5, 5.41) is 4.46. The molecule has 4 rings (SSSR count). The molecule has 0 saturated carbocycles. The summed E-state index contributed by atoms with van der Waals surface area (Å²) < 4.78 is 35.4. The third-order valence-corrected chi connectivity index (χ3v) is 7.43. The second-order valence-corrected chi connectivity index (χ2v) is 9.19. The molecule has 0 atom stereocenters. The average Bonchev–Trinajstić information content (AvgIpc) is 3.15. The molecule has 1 saturated heterocycles. The smallest absolute Gasteiger partial charge is 0.246 e. The molecule has 1 aliphatic heterocycles. The highest BCUT2D eigenvalue weighted by Gasteiger charge is 2.33. The van der Waals surface area contributed by atoms with Gasteiger partial charge in [0.15, 0.2) is 5.58 Å². The van der Waals surface area contributed by atoms with Crippen molar-refractivity contribution < 1.29 is 12.8 Å². The zero-order chi connectivity index (χ0) is 19.2. The van der Waals surface area contributed by atoms with Crippen LogP contribution in [0.3, 0.4) is 0 Å². The van der Waals surface area contributed by atoms with Gasteiger partial charge < -0.3 is 4.42 Å². The predicted molar refractivity (Wildman–Crippen MR) is 102 cm³/mol. The number of hydrogen-bond donors (Lipinski definition) is 0. The van der Waals surface area contributed by atoms with Gasteiger partial charge in [0.1, 0.15) is 17.0 Å². The summed E-state index contributed by atoms with van der Waals surface area (Å²) in [6.07, 6.45) is 1.79. The molecule has 0 aliphatic carbocycles. The molecule has 0 N–H and O–H groups in total. The van der Waals surface area contributed by atoms with Gasteiger partial charge in [-0.2, -0.15) is 9.40 Å². The van der Waals surface area contributed by atoms with E-state index >= 15 is 0 Å². The first kappa shape index (κ1) is 18.2. The Hall–Kier alpha value is -2.19. The van der Waals surface area contributed by atoms with Gasteiger partial charge in [0.2, 0.25) is 15.9 Å². The molecule has 27 heavy (non-hydrogen) atoms. The average molecular weight is 388 g/mol. The van der Waals surface area contributed by atoms with Gasteiger partial charge in [-0.05, 0) is 44.7 Å².